The van der Waals surface area contributed by atoms with Gasteiger partial charge in [0, 0.05) is 12.1 Å². The largest absolute Gasteiger partial charge is 0.444 e. The Morgan fingerprint density at radius 1 is 1.14 bits per heavy atom. The van der Waals surface area contributed by atoms with Gasteiger partial charge in [-0.1, -0.05) is 13.8 Å². The summed E-state index contributed by atoms with van der Waals surface area (Å²) in [4.78, 5) is 18.1. The van der Waals surface area contributed by atoms with Crippen LogP contribution in [0.4, 0.5) is 0 Å². The number of aliphatic hydroxyl groups is 1. The molecule has 188 valence electrons. The summed E-state index contributed by atoms with van der Waals surface area (Å²) >= 11 is 0. The molecule has 5 aliphatic rings. The number of Topliss-reactive ketones (excluding diaryl/α,β-unsaturated/α-hetero) is 1. The van der Waals surface area contributed by atoms with Crippen molar-refractivity contribution in [3.05, 3.63) is 24.9 Å². The molecular formula is C29H39N3O3. The molecule has 7 rings (SSSR count). The van der Waals surface area contributed by atoms with Crippen LogP contribution in [0.15, 0.2) is 29.3 Å². The number of aromatic nitrogens is 3. The van der Waals surface area contributed by atoms with Crippen LogP contribution in [-0.4, -0.2) is 31.3 Å². The molecule has 11 atom stereocenters. The van der Waals surface area contributed by atoms with Gasteiger partial charge in [-0.15, -0.1) is 0 Å². The molecule has 0 radical (unpaired) electrons. The number of rotatable bonds is 4. The van der Waals surface area contributed by atoms with Crippen molar-refractivity contribution in [2.24, 2.45) is 58.7 Å². The van der Waals surface area contributed by atoms with E-state index in [1.807, 2.05) is 13.1 Å². The standard InChI is InChI=1S/C29H39N3O3/c1-16-23-24(16)26(22(33)15-32-14-18(13-31-32)27-30-10-11-35-27)29(3)9-7-20-19-6-8-28(2,34)12-17(19)4-5-21(20)25(23)29/h10-11,13-14,16-17,19-21,23-26,34H,4-9,12,15H2,1-3H3/t16-,17+,19-,20+,21+,23+,24-,25+,26-,28+,29-/m0/s1. The fraction of sp³-hybridized carbons (Fsp3) is 0.759. The number of carbonyl (C=O) groups excluding carboxylic acids is 1. The normalized spacial score (nSPS) is 47.9. The van der Waals surface area contributed by atoms with E-state index >= 15 is 0 Å². The molecule has 0 unspecified atom stereocenters. The zero-order chi connectivity index (χ0) is 24.1. The van der Waals surface area contributed by atoms with E-state index in [2.05, 4.69) is 23.9 Å². The Hall–Kier alpha value is -1.95. The van der Waals surface area contributed by atoms with Crippen molar-refractivity contribution in [2.75, 3.05) is 0 Å². The van der Waals surface area contributed by atoms with Gasteiger partial charge in [0.1, 0.15) is 6.26 Å². The predicted octanol–water partition coefficient (Wildman–Crippen LogP) is 5.23. The van der Waals surface area contributed by atoms with Crippen molar-refractivity contribution < 1.29 is 14.3 Å². The highest BCUT2D eigenvalue weighted by molar-refractivity contribution is 5.83. The van der Waals surface area contributed by atoms with Gasteiger partial charge in [0.2, 0.25) is 5.89 Å². The lowest BCUT2D eigenvalue weighted by atomic mass is 9.47. The van der Waals surface area contributed by atoms with E-state index in [0.29, 0.717) is 41.9 Å². The quantitative estimate of drug-likeness (QED) is 0.652. The van der Waals surface area contributed by atoms with Crippen molar-refractivity contribution in [1.29, 1.82) is 0 Å². The zero-order valence-electron chi connectivity index (χ0n) is 21.3. The lowest BCUT2D eigenvalue weighted by Crippen LogP contribution is -2.52. The van der Waals surface area contributed by atoms with Gasteiger partial charge in [0.15, 0.2) is 5.78 Å². The Morgan fingerprint density at radius 2 is 1.97 bits per heavy atom. The first kappa shape index (κ1) is 22.3. The second-order valence-electron chi connectivity index (χ2n) is 13.4. The average Bonchev–Trinajstić information content (AvgIpc) is 3.28. The second kappa shape index (κ2) is 7.53. The number of fused-ring (bicyclic) bond motifs is 7. The van der Waals surface area contributed by atoms with E-state index in [0.717, 1.165) is 42.1 Å². The summed E-state index contributed by atoms with van der Waals surface area (Å²) < 4.78 is 7.18. The van der Waals surface area contributed by atoms with Crippen molar-refractivity contribution in [2.45, 2.75) is 77.9 Å². The third-order valence-corrected chi connectivity index (χ3v) is 11.5. The Labute approximate surface area is 207 Å². The SMILES string of the molecule is C[C@H]1[C@@H]2[C@H]1[C@H](C(=O)Cn1cc(-c3ncco3)cn1)[C@@]1(C)CC[C@H]3[C@@H](CC[C@@H]4C[C@](C)(O)CC[C@@H]43)[C@H]21. The number of hydrogen-bond donors (Lipinski definition) is 1. The van der Waals surface area contributed by atoms with Crippen LogP contribution in [0.25, 0.3) is 11.5 Å². The van der Waals surface area contributed by atoms with Gasteiger partial charge in [0.25, 0.3) is 0 Å². The maximum atomic E-state index is 13.9. The molecule has 5 fully saturated rings. The maximum absolute atomic E-state index is 13.9. The van der Waals surface area contributed by atoms with E-state index in [-0.39, 0.29) is 11.3 Å². The summed E-state index contributed by atoms with van der Waals surface area (Å²) in [5, 5.41) is 15.2. The van der Waals surface area contributed by atoms with Gasteiger partial charge in [0.05, 0.1) is 30.1 Å². The molecule has 0 aliphatic heterocycles. The number of nitrogens with zero attached hydrogens (tertiary/aromatic N) is 3. The molecule has 6 nitrogen and oxygen atoms in total. The highest BCUT2D eigenvalue weighted by Gasteiger charge is 2.73. The first-order valence-electron chi connectivity index (χ1n) is 13.9. The second-order valence-corrected chi connectivity index (χ2v) is 13.4. The summed E-state index contributed by atoms with van der Waals surface area (Å²) in [7, 11) is 0. The van der Waals surface area contributed by atoms with Gasteiger partial charge in [-0.25, -0.2) is 4.98 Å². The van der Waals surface area contributed by atoms with E-state index in [9.17, 15) is 9.90 Å². The van der Waals surface area contributed by atoms with Crippen LogP contribution in [0.1, 0.15) is 65.7 Å². The van der Waals surface area contributed by atoms with Gasteiger partial charge in [-0.3, -0.25) is 9.48 Å². The Morgan fingerprint density at radius 3 is 2.77 bits per heavy atom. The minimum absolute atomic E-state index is 0.131. The van der Waals surface area contributed by atoms with E-state index in [1.54, 1.807) is 23.3 Å². The summed E-state index contributed by atoms with van der Waals surface area (Å²) in [5.74, 6) is 6.80. The Balaban J connectivity index is 1.12. The molecule has 1 N–H and O–H groups in total. The first-order chi connectivity index (χ1) is 16.8. The van der Waals surface area contributed by atoms with Crippen LogP contribution in [0, 0.1) is 58.7 Å². The molecule has 0 amide bonds. The third-order valence-electron chi connectivity index (χ3n) is 11.5. The van der Waals surface area contributed by atoms with Crippen molar-refractivity contribution in [3.8, 4) is 11.5 Å². The molecule has 2 aromatic rings. The highest BCUT2D eigenvalue weighted by Crippen LogP contribution is 2.76. The molecule has 5 aliphatic carbocycles. The fourth-order valence-electron chi connectivity index (χ4n) is 10.3. The smallest absolute Gasteiger partial charge is 0.229 e. The molecule has 2 aromatic heterocycles. The van der Waals surface area contributed by atoms with E-state index in [4.69, 9.17) is 4.42 Å². The highest BCUT2D eigenvalue weighted by atomic mass is 16.3. The van der Waals surface area contributed by atoms with Crippen LogP contribution in [0.2, 0.25) is 0 Å². The lowest BCUT2D eigenvalue weighted by molar-refractivity contribution is -0.137. The van der Waals surface area contributed by atoms with Crippen molar-refractivity contribution in [1.82, 2.24) is 14.8 Å². The molecule has 0 saturated heterocycles. The molecule has 2 heterocycles. The average molecular weight is 478 g/mol. The molecule has 6 heteroatoms. The van der Waals surface area contributed by atoms with Crippen molar-refractivity contribution in [3.63, 3.8) is 0 Å². The minimum atomic E-state index is -0.461. The molecular weight excluding hydrogens is 438 g/mol. The maximum Gasteiger partial charge on any atom is 0.229 e. The monoisotopic (exact) mass is 477 g/mol. The van der Waals surface area contributed by atoms with E-state index < -0.39 is 5.60 Å². The zero-order valence-corrected chi connectivity index (χ0v) is 21.3. The Kier molecular flexibility index (Phi) is 4.79. The topological polar surface area (TPSA) is 81.2 Å². The van der Waals surface area contributed by atoms with Crippen LogP contribution in [0.5, 0.6) is 0 Å². The number of hydrogen-bond acceptors (Lipinski definition) is 5. The Bertz CT molecular complexity index is 1120. The molecule has 0 bridgehead atoms. The summed E-state index contributed by atoms with van der Waals surface area (Å²) in [6.07, 6.45) is 15.0. The third kappa shape index (κ3) is 3.27. The van der Waals surface area contributed by atoms with Crippen LogP contribution < -0.4 is 0 Å². The van der Waals surface area contributed by atoms with E-state index in [1.165, 1.54) is 32.1 Å². The van der Waals surface area contributed by atoms with Crippen molar-refractivity contribution >= 4 is 5.78 Å². The number of carbonyl (C=O) groups is 1. The summed E-state index contributed by atoms with van der Waals surface area (Å²) in [6.45, 7) is 7.26. The fourth-order valence-corrected chi connectivity index (χ4v) is 10.3. The predicted molar refractivity (Wildman–Crippen MR) is 131 cm³/mol. The first-order valence-corrected chi connectivity index (χ1v) is 13.9. The molecule has 0 aromatic carbocycles. The minimum Gasteiger partial charge on any atom is -0.444 e. The van der Waals surface area contributed by atoms with Crippen LogP contribution in [0.3, 0.4) is 0 Å². The molecule has 0 spiro atoms. The van der Waals surface area contributed by atoms with Gasteiger partial charge in [-0.05, 0) is 105 Å². The van der Waals surface area contributed by atoms with Gasteiger partial charge in [-0.2, -0.15) is 5.10 Å². The summed E-state index contributed by atoms with van der Waals surface area (Å²) in [5.41, 5.74) is 0.489. The number of ketones is 1. The number of oxazole rings is 1. The van der Waals surface area contributed by atoms with Crippen LogP contribution >= 0.6 is 0 Å². The van der Waals surface area contributed by atoms with Gasteiger partial charge >= 0.3 is 0 Å². The molecule has 5 saturated carbocycles. The molecule has 35 heavy (non-hydrogen) atoms. The van der Waals surface area contributed by atoms with Gasteiger partial charge < -0.3 is 9.52 Å². The van der Waals surface area contributed by atoms with Crippen LogP contribution in [-0.2, 0) is 11.3 Å². The summed E-state index contributed by atoms with van der Waals surface area (Å²) in [6, 6.07) is 0. The lowest BCUT2D eigenvalue weighted by Gasteiger charge is -2.58.